The molecular weight excluding hydrogens is 216 g/mol. The highest BCUT2D eigenvalue weighted by atomic mass is 16.5. The third-order valence-corrected chi connectivity index (χ3v) is 1.87. The fraction of sp³-hybridized carbons (Fsp3) is 0.667. The number of aliphatic carboxylic acids is 1. The molecule has 0 fully saturated rings. The Labute approximate surface area is 93.4 Å². The summed E-state index contributed by atoms with van der Waals surface area (Å²) < 4.78 is 4.38. The number of nitrogens with one attached hydrogen (secondary N) is 1. The third-order valence-electron chi connectivity index (χ3n) is 1.87. The lowest BCUT2D eigenvalue weighted by atomic mass is 10.1. The van der Waals surface area contributed by atoms with E-state index in [-0.39, 0.29) is 12.8 Å². The average Bonchev–Trinajstić information content (AvgIpc) is 2.22. The van der Waals surface area contributed by atoms with Gasteiger partial charge in [-0.1, -0.05) is 0 Å². The van der Waals surface area contributed by atoms with Crippen molar-refractivity contribution in [3.05, 3.63) is 0 Å². The first-order valence-corrected chi connectivity index (χ1v) is 4.66. The molecule has 2 amide bonds. The van der Waals surface area contributed by atoms with Gasteiger partial charge in [-0.25, -0.2) is 9.59 Å². The minimum Gasteiger partial charge on any atom is -0.480 e. The number of amides is 2. The molecule has 7 nitrogen and oxygen atoms in total. The number of carbonyl (C=O) groups is 3. The van der Waals surface area contributed by atoms with E-state index in [2.05, 4.69) is 10.1 Å². The van der Waals surface area contributed by atoms with Crippen molar-refractivity contribution in [2.24, 2.45) is 0 Å². The predicted molar refractivity (Wildman–Crippen MR) is 54.9 cm³/mol. The maximum absolute atomic E-state index is 11.2. The van der Waals surface area contributed by atoms with Crippen LogP contribution in [0.3, 0.4) is 0 Å². The lowest BCUT2D eigenvalue weighted by molar-refractivity contribution is -0.142. The molecule has 0 rings (SSSR count). The Morgan fingerprint density at radius 1 is 1.38 bits per heavy atom. The molecule has 0 unspecified atom stereocenters. The zero-order valence-corrected chi connectivity index (χ0v) is 9.52. The molecule has 1 atom stereocenters. The van der Waals surface area contributed by atoms with Crippen LogP contribution < -0.4 is 5.32 Å². The van der Waals surface area contributed by atoms with Crippen LogP contribution in [-0.4, -0.2) is 55.2 Å². The smallest absolute Gasteiger partial charge is 0.326 e. The molecular formula is C9H16N2O5. The van der Waals surface area contributed by atoms with E-state index in [9.17, 15) is 14.4 Å². The highest BCUT2D eigenvalue weighted by molar-refractivity contribution is 5.82. The summed E-state index contributed by atoms with van der Waals surface area (Å²) in [5.74, 6) is -1.69. The lowest BCUT2D eigenvalue weighted by Gasteiger charge is -2.17. The minimum absolute atomic E-state index is 0.00157. The Hall–Kier alpha value is -1.79. The highest BCUT2D eigenvalue weighted by Crippen LogP contribution is 2.00. The number of carboxylic acid groups (broad SMARTS) is 1. The number of urea groups is 1. The van der Waals surface area contributed by atoms with E-state index in [0.717, 1.165) is 0 Å². The van der Waals surface area contributed by atoms with Crippen molar-refractivity contribution in [1.29, 1.82) is 0 Å². The molecule has 0 radical (unpaired) electrons. The summed E-state index contributed by atoms with van der Waals surface area (Å²) in [4.78, 5) is 34.0. The Morgan fingerprint density at radius 3 is 2.31 bits per heavy atom. The monoisotopic (exact) mass is 232 g/mol. The summed E-state index contributed by atoms with van der Waals surface area (Å²) in [7, 11) is 4.21. The number of esters is 1. The van der Waals surface area contributed by atoms with Gasteiger partial charge in [0.05, 0.1) is 7.11 Å². The van der Waals surface area contributed by atoms with Crippen LogP contribution in [-0.2, 0) is 14.3 Å². The van der Waals surface area contributed by atoms with Gasteiger partial charge < -0.3 is 20.1 Å². The van der Waals surface area contributed by atoms with Crippen LogP contribution in [0.25, 0.3) is 0 Å². The van der Waals surface area contributed by atoms with Crippen LogP contribution in [0.15, 0.2) is 0 Å². The average molecular weight is 232 g/mol. The molecule has 0 aliphatic heterocycles. The van der Waals surface area contributed by atoms with Crippen LogP contribution in [0.4, 0.5) is 4.79 Å². The van der Waals surface area contributed by atoms with Gasteiger partial charge >= 0.3 is 18.0 Å². The van der Waals surface area contributed by atoms with Crippen LogP contribution in [0.2, 0.25) is 0 Å². The molecule has 0 aromatic heterocycles. The molecule has 0 bridgehead atoms. The van der Waals surface area contributed by atoms with E-state index < -0.39 is 24.0 Å². The summed E-state index contributed by atoms with van der Waals surface area (Å²) in [6, 6.07) is -1.61. The molecule has 0 aliphatic rings. The van der Waals surface area contributed by atoms with Gasteiger partial charge in [0, 0.05) is 20.5 Å². The molecule has 7 heteroatoms. The quantitative estimate of drug-likeness (QED) is 0.632. The Bertz CT molecular complexity index is 277. The van der Waals surface area contributed by atoms with Gasteiger partial charge in [-0.15, -0.1) is 0 Å². The molecule has 0 spiro atoms. The van der Waals surface area contributed by atoms with Crippen molar-refractivity contribution >= 4 is 18.0 Å². The molecule has 2 N–H and O–H groups in total. The molecule has 0 saturated heterocycles. The van der Waals surface area contributed by atoms with Crippen molar-refractivity contribution in [3.8, 4) is 0 Å². The molecule has 0 aromatic carbocycles. The Kier molecular flexibility index (Phi) is 5.91. The first-order chi connectivity index (χ1) is 7.38. The number of nitrogens with zero attached hydrogens (tertiary/aromatic N) is 1. The van der Waals surface area contributed by atoms with Gasteiger partial charge in [-0.05, 0) is 6.42 Å². The van der Waals surface area contributed by atoms with E-state index in [1.165, 1.54) is 26.1 Å². The van der Waals surface area contributed by atoms with Gasteiger partial charge in [-0.2, -0.15) is 0 Å². The van der Waals surface area contributed by atoms with Crippen molar-refractivity contribution in [1.82, 2.24) is 10.2 Å². The summed E-state index contributed by atoms with van der Waals surface area (Å²) in [6.45, 7) is 0. The summed E-state index contributed by atoms with van der Waals surface area (Å²) in [6.07, 6.45) is -0.0528. The third kappa shape index (κ3) is 5.18. The van der Waals surface area contributed by atoms with Gasteiger partial charge in [0.25, 0.3) is 0 Å². The number of carboxylic acids is 1. The van der Waals surface area contributed by atoms with E-state index in [0.29, 0.717) is 0 Å². The van der Waals surface area contributed by atoms with Gasteiger partial charge in [0.15, 0.2) is 0 Å². The Morgan fingerprint density at radius 2 is 1.94 bits per heavy atom. The summed E-state index contributed by atoms with van der Waals surface area (Å²) >= 11 is 0. The normalized spacial score (nSPS) is 11.4. The van der Waals surface area contributed by atoms with Crippen LogP contribution >= 0.6 is 0 Å². The largest absolute Gasteiger partial charge is 0.480 e. The first-order valence-electron chi connectivity index (χ1n) is 4.66. The molecule has 0 aliphatic carbocycles. The van der Waals surface area contributed by atoms with Gasteiger partial charge in [-0.3, -0.25) is 4.79 Å². The van der Waals surface area contributed by atoms with E-state index in [4.69, 9.17) is 5.11 Å². The van der Waals surface area contributed by atoms with E-state index >= 15 is 0 Å². The minimum atomic E-state index is -1.18. The second-order valence-corrected chi connectivity index (χ2v) is 3.35. The van der Waals surface area contributed by atoms with Crippen LogP contribution in [0.5, 0.6) is 0 Å². The molecule has 0 saturated carbocycles. The zero-order valence-electron chi connectivity index (χ0n) is 9.52. The number of hydrogen-bond acceptors (Lipinski definition) is 4. The molecule has 92 valence electrons. The summed E-state index contributed by atoms with van der Waals surface area (Å²) in [5.41, 5.74) is 0. The van der Waals surface area contributed by atoms with Gasteiger partial charge in [0.2, 0.25) is 0 Å². The van der Waals surface area contributed by atoms with E-state index in [1.54, 1.807) is 0 Å². The van der Waals surface area contributed by atoms with Crippen molar-refractivity contribution in [2.75, 3.05) is 21.2 Å². The fourth-order valence-electron chi connectivity index (χ4n) is 0.900. The number of ether oxygens (including phenoxy) is 1. The zero-order chi connectivity index (χ0) is 12.7. The van der Waals surface area contributed by atoms with E-state index in [1.807, 2.05) is 0 Å². The van der Waals surface area contributed by atoms with Crippen molar-refractivity contribution < 1.29 is 24.2 Å². The first kappa shape index (κ1) is 14.2. The maximum atomic E-state index is 11.2. The fourth-order valence-corrected chi connectivity index (χ4v) is 0.900. The second kappa shape index (κ2) is 6.65. The van der Waals surface area contributed by atoms with Crippen molar-refractivity contribution in [2.45, 2.75) is 18.9 Å². The van der Waals surface area contributed by atoms with Crippen molar-refractivity contribution in [3.63, 3.8) is 0 Å². The number of hydrogen-bond donors (Lipinski definition) is 2. The SMILES string of the molecule is COC(=O)CC[C@@H](NC(=O)N(C)C)C(=O)O. The molecule has 0 heterocycles. The lowest BCUT2D eigenvalue weighted by Crippen LogP contribution is -2.45. The van der Waals surface area contributed by atoms with Crippen LogP contribution in [0, 0.1) is 0 Å². The topological polar surface area (TPSA) is 95.9 Å². The predicted octanol–water partition coefficient (Wildman–Crippen LogP) is -0.336. The maximum Gasteiger partial charge on any atom is 0.326 e. The molecule has 16 heavy (non-hydrogen) atoms. The summed E-state index contributed by atoms with van der Waals surface area (Å²) in [5, 5.41) is 11.1. The number of carbonyl (C=O) groups excluding carboxylic acids is 2. The van der Waals surface area contributed by atoms with Crippen LogP contribution in [0.1, 0.15) is 12.8 Å². The number of methoxy groups -OCH3 is 1. The standard InChI is InChI=1S/C9H16N2O5/c1-11(2)9(15)10-6(8(13)14)4-5-7(12)16-3/h6H,4-5H2,1-3H3,(H,10,15)(H,13,14)/t6-/m1/s1. The van der Waals surface area contributed by atoms with Gasteiger partial charge in [0.1, 0.15) is 6.04 Å². The highest BCUT2D eigenvalue weighted by Gasteiger charge is 2.21. The number of rotatable bonds is 5. The second-order valence-electron chi connectivity index (χ2n) is 3.35. The Balaban J connectivity index is 4.24. The molecule has 0 aromatic rings.